The van der Waals surface area contributed by atoms with Crippen LogP contribution < -0.4 is 4.74 Å². The molecular formula is C23H23FN4O5. The topological polar surface area (TPSA) is 95.8 Å². The number of methoxy groups -OCH3 is 1. The molecule has 33 heavy (non-hydrogen) atoms. The molecule has 3 aromatic rings. The average Bonchev–Trinajstić information content (AvgIpc) is 3.31. The summed E-state index contributed by atoms with van der Waals surface area (Å²) >= 11 is 0. The molecule has 3 heterocycles. The van der Waals surface area contributed by atoms with E-state index in [-0.39, 0.29) is 36.5 Å². The van der Waals surface area contributed by atoms with Gasteiger partial charge >= 0.3 is 5.97 Å². The van der Waals surface area contributed by atoms with Gasteiger partial charge in [0.2, 0.25) is 5.91 Å². The molecule has 0 saturated carbocycles. The van der Waals surface area contributed by atoms with Crippen molar-refractivity contribution in [2.45, 2.75) is 12.6 Å². The summed E-state index contributed by atoms with van der Waals surface area (Å²) < 4.78 is 31.6. The fraction of sp³-hybridized carbons (Fsp3) is 0.304. The number of rotatable bonds is 7. The van der Waals surface area contributed by atoms with Gasteiger partial charge in [-0.15, -0.1) is 0 Å². The molecule has 1 atom stereocenters. The van der Waals surface area contributed by atoms with Gasteiger partial charge in [-0.1, -0.05) is 12.1 Å². The van der Waals surface area contributed by atoms with E-state index < -0.39 is 5.97 Å². The third-order valence-corrected chi connectivity index (χ3v) is 5.15. The van der Waals surface area contributed by atoms with Crippen molar-refractivity contribution in [3.63, 3.8) is 0 Å². The van der Waals surface area contributed by atoms with Crippen LogP contribution in [0, 0.1) is 5.82 Å². The molecule has 1 saturated heterocycles. The van der Waals surface area contributed by atoms with E-state index in [2.05, 4.69) is 14.8 Å². The lowest BCUT2D eigenvalue weighted by molar-refractivity contribution is -0.140. The van der Waals surface area contributed by atoms with Crippen LogP contribution in [0.2, 0.25) is 0 Å². The highest BCUT2D eigenvalue weighted by molar-refractivity contribution is 5.89. The molecule has 1 aliphatic rings. The zero-order chi connectivity index (χ0) is 23.2. The summed E-state index contributed by atoms with van der Waals surface area (Å²) in [6.07, 6.45) is 4.20. The van der Waals surface area contributed by atoms with Crippen LogP contribution in [0.15, 0.2) is 55.0 Å². The number of ether oxygens (including phenoxy) is 3. The normalized spacial score (nSPS) is 15.8. The van der Waals surface area contributed by atoms with Gasteiger partial charge in [-0.25, -0.2) is 9.18 Å². The Morgan fingerprint density at radius 1 is 1.24 bits per heavy atom. The first kappa shape index (κ1) is 22.4. The van der Waals surface area contributed by atoms with Crippen molar-refractivity contribution in [2.75, 3.05) is 33.4 Å². The third kappa shape index (κ3) is 5.53. The predicted octanol–water partition coefficient (Wildman–Crippen LogP) is 2.18. The number of pyridine rings is 1. The van der Waals surface area contributed by atoms with E-state index in [1.807, 2.05) is 0 Å². The Morgan fingerprint density at radius 2 is 2.09 bits per heavy atom. The van der Waals surface area contributed by atoms with Crippen molar-refractivity contribution in [3.8, 4) is 17.0 Å². The standard InChI is InChI=1S/C23H23FN4O5/c1-31-23(30)16-10-17(12-25-11-16)33-15-18-13-27(8-9-32-18)22(29)14-28-7-6-21(26-28)19-4-2-3-5-20(19)24/h2-7,10-12,18H,8-9,13-15H2,1H3. The maximum Gasteiger partial charge on any atom is 0.339 e. The minimum absolute atomic E-state index is 0.0348. The van der Waals surface area contributed by atoms with Crippen LogP contribution in [0.1, 0.15) is 10.4 Å². The second kappa shape index (κ2) is 10.2. The summed E-state index contributed by atoms with van der Waals surface area (Å²) in [4.78, 5) is 30.1. The number of hydrogen-bond acceptors (Lipinski definition) is 7. The molecule has 9 nitrogen and oxygen atoms in total. The maximum atomic E-state index is 14.0. The lowest BCUT2D eigenvalue weighted by Crippen LogP contribution is -2.48. The fourth-order valence-corrected chi connectivity index (χ4v) is 3.46. The van der Waals surface area contributed by atoms with E-state index in [0.29, 0.717) is 36.7 Å². The van der Waals surface area contributed by atoms with Crippen LogP contribution in [-0.4, -0.2) is 71.1 Å². The first-order valence-electron chi connectivity index (χ1n) is 10.4. The van der Waals surface area contributed by atoms with E-state index >= 15 is 0 Å². The molecular weight excluding hydrogens is 431 g/mol. The summed E-state index contributed by atoms with van der Waals surface area (Å²) in [6, 6.07) is 9.59. The summed E-state index contributed by atoms with van der Waals surface area (Å²) in [7, 11) is 1.29. The largest absolute Gasteiger partial charge is 0.489 e. The lowest BCUT2D eigenvalue weighted by atomic mass is 10.1. The molecule has 1 unspecified atom stereocenters. The molecule has 0 N–H and O–H groups in total. The number of nitrogens with zero attached hydrogens (tertiary/aromatic N) is 4. The van der Waals surface area contributed by atoms with Gasteiger partial charge in [0.05, 0.1) is 37.7 Å². The van der Waals surface area contributed by atoms with Crippen LogP contribution in [0.4, 0.5) is 4.39 Å². The first-order valence-corrected chi connectivity index (χ1v) is 10.4. The minimum atomic E-state index is -0.504. The zero-order valence-corrected chi connectivity index (χ0v) is 18.0. The highest BCUT2D eigenvalue weighted by atomic mass is 19.1. The van der Waals surface area contributed by atoms with Gasteiger partial charge in [-0.05, 0) is 24.3 Å². The van der Waals surface area contributed by atoms with Gasteiger partial charge in [-0.2, -0.15) is 5.10 Å². The minimum Gasteiger partial charge on any atom is -0.489 e. The van der Waals surface area contributed by atoms with E-state index in [1.165, 1.54) is 36.3 Å². The van der Waals surface area contributed by atoms with Gasteiger partial charge in [0, 0.05) is 24.5 Å². The molecule has 0 aliphatic carbocycles. The Labute approximate surface area is 189 Å². The molecule has 1 aromatic carbocycles. The third-order valence-electron chi connectivity index (χ3n) is 5.15. The first-order chi connectivity index (χ1) is 16.0. The lowest BCUT2D eigenvalue weighted by Gasteiger charge is -2.32. The Morgan fingerprint density at radius 3 is 2.91 bits per heavy atom. The molecule has 1 amide bonds. The molecule has 4 rings (SSSR count). The number of carbonyl (C=O) groups excluding carboxylic acids is 2. The fourth-order valence-electron chi connectivity index (χ4n) is 3.46. The van der Waals surface area contributed by atoms with Crippen molar-refractivity contribution in [1.29, 1.82) is 0 Å². The summed E-state index contributed by atoms with van der Waals surface area (Å²) in [6.45, 7) is 1.41. The number of morpholine rings is 1. The number of halogens is 1. The molecule has 2 aromatic heterocycles. The van der Waals surface area contributed by atoms with Crippen LogP contribution in [-0.2, 0) is 20.8 Å². The van der Waals surface area contributed by atoms with Crippen molar-refractivity contribution in [1.82, 2.24) is 19.7 Å². The Bertz CT molecular complexity index is 1140. The van der Waals surface area contributed by atoms with Crippen molar-refractivity contribution < 1.29 is 28.2 Å². The van der Waals surface area contributed by atoms with Gasteiger partial charge in [-0.3, -0.25) is 14.5 Å². The Hall–Kier alpha value is -3.79. The second-order valence-electron chi connectivity index (χ2n) is 7.42. The zero-order valence-electron chi connectivity index (χ0n) is 18.0. The smallest absolute Gasteiger partial charge is 0.339 e. The number of carbonyl (C=O) groups is 2. The number of aromatic nitrogens is 3. The quantitative estimate of drug-likeness (QED) is 0.505. The molecule has 0 spiro atoms. The monoisotopic (exact) mass is 454 g/mol. The van der Waals surface area contributed by atoms with Crippen LogP contribution in [0.3, 0.4) is 0 Å². The van der Waals surface area contributed by atoms with Crippen LogP contribution in [0.25, 0.3) is 11.3 Å². The van der Waals surface area contributed by atoms with Crippen molar-refractivity contribution in [2.24, 2.45) is 0 Å². The molecule has 1 fully saturated rings. The highest BCUT2D eigenvalue weighted by Crippen LogP contribution is 2.20. The number of esters is 1. The molecule has 0 radical (unpaired) electrons. The highest BCUT2D eigenvalue weighted by Gasteiger charge is 2.25. The maximum absolute atomic E-state index is 14.0. The SMILES string of the molecule is COC(=O)c1cncc(OCC2CN(C(=O)Cn3ccc(-c4ccccc4F)n3)CCO2)c1. The van der Waals surface area contributed by atoms with E-state index in [9.17, 15) is 14.0 Å². The molecule has 0 bridgehead atoms. The summed E-state index contributed by atoms with van der Waals surface area (Å²) in [5, 5.41) is 4.33. The Balaban J connectivity index is 1.32. The van der Waals surface area contributed by atoms with Crippen molar-refractivity contribution >= 4 is 11.9 Å². The second-order valence-corrected chi connectivity index (χ2v) is 7.42. The Kier molecular flexibility index (Phi) is 6.94. The van der Waals surface area contributed by atoms with Gasteiger partial charge < -0.3 is 19.1 Å². The van der Waals surface area contributed by atoms with E-state index in [1.54, 1.807) is 35.4 Å². The molecule has 1 aliphatic heterocycles. The van der Waals surface area contributed by atoms with E-state index in [0.717, 1.165) is 0 Å². The van der Waals surface area contributed by atoms with Crippen LogP contribution >= 0.6 is 0 Å². The number of hydrogen-bond donors (Lipinski definition) is 0. The summed E-state index contributed by atoms with van der Waals surface area (Å²) in [5.41, 5.74) is 1.14. The average molecular weight is 454 g/mol. The van der Waals surface area contributed by atoms with Crippen LogP contribution in [0.5, 0.6) is 5.75 Å². The van der Waals surface area contributed by atoms with Crippen molar-refractivity contribution in [3.05, 3.63) is 66.4 Å². The predicted molar refractivity (Wildman–Crippen MR) is 115 cm³/mol. The number of benzene rings is 1. The molecule has 172 valence electrons. The molecule has 10 heteroatoms. The van der Waals surface area contributed by atoms with Gasteiger partial charge in [0.25, 0.3) is 0 Å². The summed E-state index contributed by atoms with van der Waals surface area (Å²) in [5.74, 6) is -0.587. The van der Waals surface area contributed by atoms with Gasteiger partial charge in [0.15, 0.2) is 0 Å². The van der Waals surface area contributed by atoms with Gasteiger partial charge in [0.1, 0.15) is 30.8 Å². The van der Waals surface area contributed by atoms with E-state index in [4.69, 9.17) is 9.47 Å². The number of amides is 1.